The first-order valence-electron chi connectivity index (χ1n) is 12.4. The number of piperidine rings is 1. The summed E-state index contributed by atoms with van der Waals surface area (Å²) in [5, 5.41) is 3.29. The van der Waals surface area contributed by atoms with Crippen molar-refractivity contribution in [1.29, 1.82) is 0 Å². The minimum absolute atomic E-state index is 0.0487. The lowest BCUT2D eigenvalue weighted by atomic mass is 9.94. The Morgan fingerprint density at radius 3 is 2.47 bits per heavy atom. The highest BCUT2D eigenvalue weighted by Crippen LogP contribution is 2.32. The summed E-state index contributed by atoms with van der Waals surface area (Å²) < 4.78 is 10.5. The SMILES string of the molecule is CCOc1cc(CC(=O)NC(CC(C)C)c2ccccc2N2CCCCC2)ccc1C(=O)OC. The molecule has 184 valence electrons. The number of carbonyl (C=O) groups excluding carboxylic acids is 2. The third kappa shape index (κ3) is 6.75. The Balaban J connectivity index is 1.80. The molecule has 1 aliphatic rings. The maximum Gasteiger partial charge on any atom is 0.341 e. The van der Waals surface area contributed by atoms with Crippen LogP contribution in [0, 0.1) is 5.92 Å². The largest absolute Gasteiger partial charge is 0.493 e. The Labute approximate surface area is 203 Å². The number of ether oxygens (including phenoxy) is 2. The van der Waals surface area contributed by atoms with Crippen LogP contribution < -0.4 is 15.0 Å². The van der Waals surface area contributed by atoms with Crippen molar-refractivity contribution in [3.05, 3.63) is 59.2 Å². The molecule has 2 aromatic carbocycles. The van der Waals surface area contributed by atoms with Crippen molar-refractivity contribution in [3.63, 3.8) is 0 Å². The van der Waals surface area contributed by atoms with E-state index in [9.17, 15) is 9.59 Å². The lowest BCUT2D eigenvalue weighted by Gasteiger charge is -2.33. The van der Waals surface area contributed by atoms with Crippen LogP contribution in [-0.2, 0) is 16.0 Å². The van der Waals surface area contributed by atoms with Gasteiger partial charge in [-0.2, -0.15) is 0 Å². The van der Waals surface area contributed by atoms with Gasteiger partial charge < -0.3 is 19.7 Å². The first kappa shape index (κ1) is 25.6. The van der Waals surface area contributed by atoms with Gasteiger partial charge in [-0.15, -0.1) is 0 Å². The summed E-state index contributed by atoms with van der Waals surface area (Å²) in [6, 6.07) is 13.6. The highest BCUT2D eigenvalue weighted by molar-refractivity contribution is 5.92. The van der Waals surface area contributed by atoms with Gasteiger partial charge in [0.05, 0.1) is 26.2 Å². The van der Waals surface area contributed by atoms with Crippen LogP contribution in [0.1, 0.15) is 74.0 Å². The lowest BCUT2D eigenvalue weighted by molar-refractivity contribution is -0.121. The van der Waals surface area contributed by atoms with Crippen LogP contribution >= 0.6 is 0 Å². The van der Waals surface area contributed by atoms with E-state index in [-0.39, 0.29) is 18.4 Å². The molecule has 0 radical (unpaired) electrons. The second kappa shape index (κ2) is 12.4. The molecule has 1 fully saturated rings. The number of hydrogen-bond donors (Lipinski definition) is 1. The Kier molecular flexibility index (Phi) is 9.37. The molecular weight excluding hydrogens is 428 g/mol. The fourth-order valence-electron chi connectivity index (χ4n) is 4.60. The van der Waals surface area contributed by atoms with Gasteiger partial charge in [0.15, 0.2) is 0 Å². The zero-order valence-corrected chi connectivity index (χ0v) is 20.9. The van der Waals surface area contributed by atoms with E-state index >= 15 is 0 Å². The van der Waals surface area contributed by atoms with E-state index < -0.39 is 5.97 Å². The van der Waals surface area contributed by atoms with Crippen LogP contribution in [0.15, 0.2) is 42.5 Å². The standard InChI is InChI=1S/C28H38N2O4/c1-5-34-26-18-21(13-14-23(26)28(32)33-4)19-27(31)29-24(17-20(2)3)22-11-7-8-12-25(22)30-15-9-6-10-16-30/h7-8,11-14,18,20,24H,5-6,9-10,15-17,19H2,1-4H3,(H,29,31). The van der Waals surface area contributed by atoms with Crippen molar-refractivity contribution in [1.82, 2.24) is 5.32 Å². The van der Waals surface area contributed by atoms with Gasteiger partial charge in [0, 0.05) is 18.8 Å². The molecule has 1 atom stereocenters. The normalized spacial score (nSPS) is 14.6. The monoisotopic (exact) mass is 466 g/mol. The smallest absolute Gasteiger partial charge is 0.341 e. The van der Waals surface area contributed by atoms with Gasteiger partial charge in [0.2, 0.25) is 5.91 Å². The van der Waals surface area contributed by atoms with Crippen molar-refractivity contribution in [2.75, 3.05) is 31.7 Å². The van der Waals surface area contributed by atoms with Gasteiger partial charge in [-0.25, -0.2) is 4.79 Å². The number of amides is 1. The van der Waals surface area contributed by atoms with Gasteiger partial charge in [-0.3, -0.25) is 4.79 Å². The predicted octanol–water partition coefficient (Wildman–Crippen LogP) is 5.31. The van der Waals surface area contributed by atoms with Gasteiger partial charge in [0.1, 0.15) is 11.3 Å². The van der Waals surface area contributed by atoms with E-state index in [1.165, 1.54) is 37.6 Å². The van der Waals surface area contributed by atoms with E-state index in [1.807, 2.05) is 6.92 Å². The van der Waals surface area contributed by atoms with Crippen LogP contribution in [0.5, 0.6) is 5.75 Å². The summed E-state index contributed by atoms with van der Waals surface area (Å²) in [6.07, 6.45) is 4.77. The molecule has 0 aromatic heterocycles. The Morgan fingerprint density at radius 1 is 1.06 bits per heavy atom. The van der Waals surface area contributed by atoms with Gasteiger partial charge >= 0.3 is 5.97 Å². The Hall–Kier alpha value is -3.02. The number of nitrogens with one attached hydrogen (secondary N) is 1. The van der Waals surface area contributed by atoms with Gasteiger partial charge in [-0.1, -0.05) is 38.1 Å². The van der Waals surface area contributed by atoms with E-state index in [4.69, 9.17) is 9.47 Å². The number of carbonyl (C=O) groups is 2. The zero-order valence-electron chi connectivity index (χ0n) is 20.9. The third-order valence-electron chi connectivity index (χ3n) is 6.17. The molecule has 1 aliphatic heterocycles. The molecule has 1 heterocycles. The van der Waals surface area contributed by atoms with Crippen LogP contribution in [0.25, 0.3) is 0 Å². The first-order chi connectivity index (χ1) is 16.4. The summed E-state index contributed by atoms with van der Waals surface area (Å²) in [7, 11) is 1.34. The second-order valence-corrected chi connectivity index (χ2v) is 9.29. The molecule has 6 heteroatoms. The number of methoxy groups -OCH3 is 1. The molecule has 3 rings (SSSR count). The van der Waals surface area contributed by atoms with Crippen LogP contribution in [0.4, 0.5) is 5.69 Å². The van der Waals surface area contributed by atoms with E-state index in [0.29, 0.717) is 23.8 Å². The molecule has 1 unspecified atom stereocenters. The number of rotatable bonds is 10. The summed E-state index contributed by atoms with van der Waals surface area (Å²) in [6.45, 7) is 8.77. The Bertz CT molecular complexity index is 967. The minimum atomic E-state index is -0.453. The summed E-state index contributed by atoms with van der Waals surface area (Å²) >= 11 is 0. The summed E-state index contributed by atoms with van der Waals surface area (Å²) in [4.78, 5) is 27.6. The fourth-order valence-corrected chi connectivity index (χ4v) is 4.60. The minimum Gasteiger partial charge on any atom is -0.493 e. The Morgan fingerprint density at radius 2 is 1.79 bits per heavy atom. The molecule has 0 bridgehead atoms. The molecule has 1 amide bonds. The first-order valence-corrected chi connectivity index (χ1v) is 12.4. The lowest BCUT2D eigenvalue weighted by Crippen LogP contribution is -2.34. The molecular formula is C28H38N2O4. The maximum absolute atomic E-state index is 13.2. The van der Waals surface area contributed by atoms with E-state index in [1.54, 1.807) is 18.2 Å². The molecule has 1 N–H and O–H groups in total. The van der Waals surface area contributed by atoms with Crippen LogP contribution in [-0.4, -0.2) is 38.7 Å². The van der Waals surface area contributed by atoms with Crippen molar-refractivity contribution in [2.45, 2.75) is 58.9 Å². The molecule has 6 nitrogen and oxygen atoms in total. The summed E-state index contributed by atoms with van der Waals surface area (Å²) in [5.74, 6) is 0.371. The molecule has 2 aromatic rings. The topological polar surface area (TPSA) is 67.9 Å². The number of hydrogen-bond acceptors (Lipinski definition) is 5. The molecule has 0 aliphatic carbocycles. The summed E-state index contributed by atoms with van der Waals surface area (Å²) in [5.41, 5.74) is 3.57. The maximum atomic E-state index is 13.2. The molecule has 1 saturated heterocycles. The second-order valence-electron chi connectivity index (χ2n) is 9.29. The third-order valence-corrected chi connectivity index (χ3v) is 6.17. The molecule has 34 heavy (non-hydrogen) atoms. The number of para-hydroxylation sites is 1. The number of nitrogens with zero attached hydrogens (tertiary/aromatic N) is 1. The van der Waals surface area contributed by atoms with Gasteiger partial charge in [-0.05, 0) is 67.9 Å². The highest BCUT2D eigenvalue weighted by atomic mass is 16.5. The number of benzene rings is 2. The van der Waals surface area contributed by atoms with Crippen molar-refractivity contribution in [3.8, 4) is 5.75 Å². The number of anilines is 1. The van der Waals surface area contributed by atoms with Crippen molar-refractivity contribution < 1.29 is 19.1 Å². The zero-order chi connectivity index (χ0) is 24.5. The van der Waals surface area contributed by atoms with E-state index in [2.05, 4.69) is 48.3 Å². The average molecular weight is 467 g/mol. The van der Waals surface area contributed by atoms with Crippen molar-refractivity contribution >= 4 is 17.6 Å². The number of esters is 1. The quantitative estimate of drug-likeness (QED) is 0.481. The molecule has 0 spiro atoms. The highest BCUT2D eigenvalue weighted by Gasteiger charge is 2.23. The van der Waals surface area contributed by atoms with Gasteiger partial charge in [0.25, 0.3) is 0 Å². The van der Waals surface area contributed by atoms with Crippen molar-refractivity contribution in [2.24, 2.45) is 5.92 Å². The van der Waals surface area contributed by atoms with E-state index in [0.717, 1.165) is 25.1 Å². The predicted molar refractivity (Wildman–Crippen MR) is 135 cm³/mol. The molecule has 0 saturated carbocycles. The van der Waals surface area contributed by atoms with Crippen LogP contribution in [0.3, 0.4) is 0 Å². The fraction of sp³-hybridized carbons (Fsp3) is 0.500. The van der Waals surface area contributed by atoms with Crippen LogP contribution in [0.2, 0.25) is 0 Å². The average Bonchev–Trinajstić information content (AvgIpc) is 2.84.